The number of phenols is 5. The third-order valence-corrected chi connectivity index (χ3v) is 6.77. The van der Waals surface area contributed by atoms with Gasteiger partial charge in [0.05, 0.1) is 6.61 Å². The summed E-state index contributed by atoms with van der Waals surface area (Å²) >= 11 is 0. The number of benzene rings is 3. The van der Waals surface area contributed by atoms with Crippen LogP contribution in [0.5, 0.6) is 34.5 Å². The second-order valence-electron chi connectivity index (χ2n) is 9.78. The van der Waals surface area contributed by atoms with Crippen LogP contribution in [-0.4, -0.2) is 84.1 Å². The first-order chi connectivity index (χ1) is 21.0. The Morgan fingerprint density at radius 2 is 1.59 bits per heavy atom. The number of aliphatic hydroxyl groups is 3. The predicted octanol–water partition coefficient (Wildman–Crippen LogP) is 1.43. The van der Waals surface area contributed by atoms with Crippen LogP contribution in [0.15, 0.2) is 69.9 Å². The number of carbonyl (C=O) groups excluding carboxylic acids is 1. The Balaban J connectivity index is 1.57. The topological polar surface area (TPSA) is 237 Å². The van der Waals surface area contributed by atoms with Crippen LogP contribution in [0.4, 0.5) is 0 Å². The number of rotatable bonds is 7. The summed E-state index contributed by atoms with van der Waals surface area (Å²) < 4.78 is 22.5. The molecule has 1 aliphatic heterocycles. The fourth-order valence-electron chi connectivity index (χ4n) is 4.55. The summed E-state index contributed by atoms with van der Waals surface area (Å²) in [4.78, 5) is 26.4. The van der Waals surface area contributed by atoms with E-state index in [1.165, 1.54) is 36.4 Å². The van der Waals surface area contributed by atoms with E-state index in [9.17, 15) is 50.4 Å². The van der Waals surface area contributed by atoms with Crippen LogP contribution >= 0.6 is 0 Å². The number of hydrogen-bond donors (Lipinski definition) is 8. The highest BCUT2D eigenvalue weighted by molar-refractivity contribution is 5.89. The minimum absolute atomic E-state index is 0.00444. The molecular weight excluding hydrogens is 584 g/mol. The third kappa shape index (κ3) is 5.95. The van der Waals surface area contributed by atoms with Crippen molar-refractivity contribution in [2.45, 2.75) is 30.7 Å². The molecule has 14 heteroatoms. The van der Waals surface area contributed by atoms with E-state index in [4.69, 9.17) is 18.6 Å². The molecule has 1 fully saturated rings. The third-order valence-electron chi connectivity index (χ3n) is 6.77. The Labute approximate surface area is 247 Å². The molecule has 3 aromatic carbocycles. The molecule has 0 unspecified atom stereocenters. The molecule has 1 saturated heterocycles. The monoisotopic (exact) mass is 610 g/mol. The van der Waals surface area contributed by atoms with Gasteiger partial charge in [-0.2, -0.15) is 0 Å². The summed E-state index contributed by atoms with van der Waals surface area (Å²) in [5, 5.41) is 80.3. The van der Waals surface area contributed by atoms with Crippen molar-refractivity contribution in [2.24, 2.45) is 0 Å². The summed E-state index contributed by atoms with van der Waals surface area (Å²) in [6.07, 6.45) is -6.44. The number of esters is 1. The largest absolute Gasteiger partial charge is 0.508 e. The Morgan fingerprint density at radius 1 is 0.864 bits per heavy atom. The second-order valence-corrected chi connectivity index (χ2v) is 9.78. The summed E-state index contributed by atoms with van der Waals surface area (Å²) in [5.74, 6) is -4.34. The van der Waals surface area contributed by atoms with Crippen LogP contribution in [-0.2, 0) is 14.3 Å². The van der Waals surface area contributed by atoms with Crippen molar-refractivity contribution in [3.8, 4) is 45.8 Å². The molecule has 5 rings (SSSR count). The van der Waals surface area contributed by atoms with Gasteiger partial charge in [-0.05, 0) is 42.0 Å². The van der Waals surface area contributed by atoms with Gasteiger partial charge in [-0.1, -0.05) is 12.1 Å². The molecule has 1 aromatic heterocycles. The van der Waals surface area contributed by atoms with E-state index in [0.29, 0.717) is 5.56 Å². The van der Waals surface area contributed by atoms with Gasteiger partial charge in [-0.15, -0.1) is 0 Å². The van der Waals surface area contributed by atoms with Gasteiger partial charge in [-0.3, -0.25) is 4.79 Å². The number of phenolic OH excluding ortho intramolecular Hbond substituents is 5. The van der Waals surface area contributed by atoms with Gasteiger partial charge < -0.3 is 59.5 Å². The smallest absolute Gasteiger partial charge is 0.331 e. The molecule has 0 aliphatic carbocycles. The zero-order chi connectivity index (χ0) is 31.7. The highest BCUT2D eigenvalue weighted by Gasteiger charge is 2.48. The standard InChI is InChI=1S/C30H26O14/c31-12-21-24(38)26(40)29(43-22(37)8-3-13-1-5-15(32)6-2-13)30(42-21)44-28-25(39)23-19(36)10-16(33)11-20(23)41-27(28)14-4-7-17(34)18(35)9-14/h1-11,21,24,26,29-36,38,40H,12H2/b8-3+/t21-,24-,26+,29-,30+/m1/s1. The minimum Gasteiger partial charge on any atom is -0.508 e. The van der Waals surface area contributed by atoms with Crippen molar-refractivity contribution in [1.29, 1.82) is 0 Å². The average Bonchev–Trinajstić information content (AvgIpc) is 2.98. The van der Waals surface area contributed by atoms with E-state index in [0.717, 1.165) is 30.3 Å². The van der Waals surface area contributed by atoms with Crippen molar-refractivity contribution in [3.63, 3.8) is 0 Å². The summed E-state index contributed by atoms with van der Waals surface area (Å²) in [5.41, 5.74) is -0.834. The zero-order valence-corrected chi connectivity index (χ0v) is 22.5. The number of fused-ring (bicyclic) bond motifs is 1. The fraction of sp³-hybridized carbons (Fsp3) is 0.200. The van der Waals surface area contributed by atoms with Crippen molar-refractivity contribution >= 4 is 23.0 Å². The van der Waals surface area contributed by atoms with Crippen LogP contribution in [0.1, 0.15) is 5.56 Å². The average molecular weight is 611 g/mol. The molecule has 5 atom stereocenters. The van der Waals surface area contributed by atoms with Crippen LogP contribution in [0.3, 0.4) is 0 Å². The van der Waals surface area contributed by atoms with Crippen molar-refractivity contribution in [2.75, 3.05) is 6.61 Å². The molecule has 1 aliphatic rings. The number of aliphatic hydroxyl groups excluding tert-OH is 3. The normalized spacial score (nSPS) is 21.8. The molecular formula is C30H26O14. The predicted molar refractivity (Wildman–Crippen MR) is 150 cm³/mol. The first-order valence-corrected chi connectivity index (χ1v) is 13.0. The molecule has 14 nitrogen and oxygen atoms in total. The molecule has 44 heavy (non-hydrogen) atoms. The van der Waals surface area contributed by atoms with Gasteiger partial charge in [0.1, 0.15) is 46.5 Å². The summed E-state index contributed by atoms with van der Waals surface area (Å²) in [6, 6.07) is 11.1. The first kappa shape index (κ1) is 30.2. The first-order valence-electron chi connectivity index (χ1n) is 13.0. The van der Waals surface area contributed by atoms with E-state index < -0.39 is 88.6 Å². The van der Waals surface area contributed by atoms with Gasteiger partial charge in [-0.25, -0.2) is 4.79 Å². The number of hydrogen-bond acceptors (Lipinski definition) is 14. The van der Waals surface area contributed by atoms with Crippen molar-refractivity contribution in [1.82, 2.24) is 0 Å². The lowest BCUT2D eigenvalue weighted by Gasteiger charge is -2.41. The Kier molecular flexibility index (Phi) is 8.33. The maximum Gasteiger partial charge on any atom is 0.331 e. The fourth-order valence-corrected chi connectivity index (χ4v) is 4.55. The Hall–Kier alpha value is -5.28. The minimum atomic E-state index is -1.89. The molecule has 230 valence electrons. The van der Waals surface area contributed by atoms with Crippen LogP contribution in [0.25, 0.3) is 28.4 Å². The SMILES string of the molecule is O=C(/C=C/c1ccc(O)cc1)O[C@H]1[C@H](Oc2c(-c3ccc(O)c(O)c3)oc3cc(O)cc(O)c3c2=O)O[C@H](CO)[C@@H](O)[C@@H]1O. The van der Waals surface area contributed by atoms with Gasteiger partial charge >= 0.3 is 5.97 Å². The second kappa shape index (κ2) is 12.1. The number of aromatic hydroxyl groups is 5. The lowest BCUT2D eigenvalue weighted by atomic mass is 9.99. The van der Waals surface area contributed by atoms with Crippen molar-refractivity contribution in [3.05, 3.63) is 76.5 Å². The molecule has 0 bridgehead atoms. The molecule has 0 radical (unpaired) electrons. The zero-order valence-electron chi connectivity index (χ0n) is 22.5. The molecule has 0 spiro atoms. The molecule has 2 heterocycles. The highest BCUT2D eigenvalue weighted by Crippen LogP contribution is 2.39. The van der Waals surface area contributed by atoms with Gasteiger partial charge in [0.2, 0.25) is 17.5 Å². The lowest BCUT2D eigenvalue weighted by molar-refractivity contribution is -0.281. The van der Waals surface area contributed by atoms with E-state index in [-0.39, 0.29) is 16.9 Å². The molecule has 8 N–H and O–H groups in total. The maximum absolute atomic E-state index is 13.7. The summed E-state index contributed by atoms with van der Waals surface area (Å²) in [6.45, 7) is -0.815. The van der Waals surface area contributed by atoms with Crippen LogP contribution < -0.4 is 10.2 Å². The van der Waals surface area contributed by atoms with Crippen molar-refractivity contribution < 1.29 is 64.3 Å². The van der Waals surface area contributed by atoms with E-state index in [1.807, 2.05) is 0 Å². The highest BCUT2D eigenvalue weighted by atomic mass is 16.7. The van der Waals surface area contributed by atoms with Gasteiger partial charge in [0, 0.05) is 23.8 Å². The number of ether oxygens (including phenoxy) is 3. The van der Waals surface area contributed by atoms with Gasteiger partial charge in [0.25, 0.3) is 0 Å². The number of carbonyl (C=O) groups is 1. The van der Waals surface area contributed by atoms with E-state index in [1.54, 1.807) is 0 Å². The van der Waals surface area contributed by atoms with E-state index in [2.05, 4.69) is 0 Å². The van der Waals surface area contributed by atoms with Crippen LogP contribution in [0, 0.1) is 0 Å². The Morgan fingerprint density at radius 3 is 2.27 bits per heavy atom. The van der Waals surface area contributed by atoms with Crippen LogP contribution in [0.2, 0.25) is 0 Å². The lowest BCUT2D eigenvalue weighted by Crippen LogP contribution is -2.61. The Bertz CT molecular complexity index is 1780. The quantitative estimate of drug-likeness (QED) is 0.0840. The van der Waals surface area contributed by atoms with Gasteiger partial charge in [0.15, 0.2) is 23.4 Å². The molecule has 0 saturated carbocycles. The molecule has 0 amide bonds. The maximum atomic E-state index is 13.7. The van der Waals surface area contributed by atoms with E-state index >= 15 is 0 Å². The molecule has 4 aromatic rings. The summed E-state index contributed by atoms with van der Waals surface area (Å²) in [7, 11) is 0.